The van der Waals surface area contributed by atoms with Crippen molar-refractivity contribution in [3.05, 3.63) is 58.1 Å². The van der Waals surface area contributed by atoms with Crippen LogP contribution in [0.3, 0.4) is 0 Å². The third kappa shape index (κ3) is 5.13. The molecule has 2 aromatic carbocycles. The van der Waals surface area contributed by atoms with Crippen LogP contribution in [0.2, 0.25) is 10.0 Å². The Morgan fingerprint density at radius 1 is 1.23 bits per heavy atom. The molecule has 1 amide bonds. The summed E-state index contributed by atoms with van der Waals surface area (Å²) in [4.78, 5) is 11.9. The number of carbonyl (C=O) groups is 1. The lowest BCUT2D eigenvalue weighted by Gasteiger charge is -2.08. The second-order valence-corrected chi connectivity index (χ2v) is 6.35. The predicted octanol–water partition coefficient (Wildman–Crippen LogP) is 4.87. The summed E-state index contributed by atoms with van der Waals surface area (Å²) < 4.78 is 5.17. The maximum absolute atomic E-state index is 11.9. The van der Waals surface area contributed by atoms with Gasteiger partial charge in [-0.15, -0.1) is 11.8 Å². The number of ether oxygens (including phenoxy) is 1. The molecule has 0 radical (unpaired) electrons. The van der Waals surface area contributed by atoms with E-state index in [9.17, 15) is 4.79 Å². The molecule has 6 heteroatoms. The average Bonchev–Trinajstić information content (AvgIpc) is 2.51. The number of halogens is 2. The summed E-state index contributed by atoms with van der Waals surface area (Å²) >= 11 is 13.4. The van der Waals surface area contributed by atoms with Crippen LogP contribution >= 0.6 is 35.0 Å². The Morgan fingerprint density at radius 3 is 2.82 bits per heavy atom. The molecule has 0 saturated heterocycles. The molecule has 0 aromatic heterocycles. The lowest BCUT2D eigenvalue weighted by atomic mass is 10.2. The highest BCUT2D eigenvalue weighted by atomic mass is 35.5. The minimum absolute atomic E-state index is 0.114. The van der Waals surface area contributed by atoms with Crippen molar-refractivity contribution in [3.63, 3.8) is 0 Å². The van der Waals surface area contributed by atoms with Crippen molar-refractivity contribution in [1.29, 1.82) is 0 Å². The lowest BCUT2D eigenvalue weighted by molar-refractivity contribution is -0.113. The Kier molecular flexibility index (Phi) is 6.43. The van der Waals surface area contributed by atoms with E-state index in [1.54, 1.807) is 25.3 Å². The van der Waals surface area contributed by atoms with Crippen LogP contribution in [0, 0.1) is 0 Å². The monoisotopic (exact) mass is 355 g/mol. The summed E-state index contributed by atoms with van der Waals surface area (Å²) in [6.07, 6.45) is 0. The van der Waals surface area contributed by atoms with Gasteiger partial charge in [0.15, 0.2) is 0 Å². The lowest BCUT2D eigenvalue weighted by Crippen LogP contribution is -2.14. The molecule has 0 fully saturated rings. The van der Waals surface area contributed by atoms with Crippen molar-refractivity contribution in [3.8, 4) is 5.75 Å². The second-order valence-electron chi connectivity index (χ2n) is 4.52. The Balaban J connectivity index is 1.84. The SMILES string of the molecule is COc1cccc(CSCC(=O)Nc2cc(Cl)ccc2Cl)c1. The van der Waals surface area contributed by atoms with Crippen molar-refractivity contribution >= 4 is 46.6 Å². The van der Waals surface area contributed by atoms with Crippen LogP contribution < -0.4 is 10.1 Å². The van der Waals surface area contributed by atoms with Crippen LogP contribution in [0.5, 0.6) is 5.75 Å². The molecule has 0 bridgehead atoms. The van der Waals surface area contributed by atoms with Crippen LogP contribution in [0.15, 0.2) is 42.5 Å². The van der Waals surface area contributed by atoms with E-state index >= 15 is 0 Å². The zero-order chi connectivity index (χ0) is 15.9. The van der Waals surface area contributed by atoms with Gasteiger partial charge in [-0.1, -0.05) is 35.3 Å². The first-order chi connectivity index (χ1) is 10.6. The Bertz CT molecular complexity index is 664. The van der Waals surface area contributed by atoms with Crippen LogP contribution in [-0.4, -0.2) is 18.8 Å². The molecule has 0 heterocycles. The molecule has 0 spiro atoms. The number of amides is 1. The highest BCUT2D eigenvalue weighted by Gasteiger charge is 2.07. The summed E-state index contributed by atoms with van der Waals surface area (Å²) in [6.45, 7) is 0. The minimum Gasteiger partial charge on any atom is -0.497 e. The van der Waals surface area contributed by atoms with Gasteiger partial charge in [-0.25, -0.2) is 0 Å². The smallest absolute Gasteiger partial charge is 0.234 e. The zero-order valence-corrected chi connectivity index (χ0v) is 14.3. The van der Waals surface area contributed by atoms with Crippen molar-refractivity contribution in [2.45, 2.75) is 5.75 Å². The molecule has 116 valence electrons. The predicted molar refractivity (Wildman–Crippen MR) is 94.2 cm³/mol. The fourth-order valence-electron chi connectivity index (χ4n) is 1.80. The first-order valence-corrected chi connectivity index (χ1v) is 8.45. The van der Waals surface area contributed by atoms with Gasteiger partial charge in [0, 0.05) is 10.8 Å². The third-order valence-corrected chi connectivity index (χ3v) is 4.41. The largest absolute Gasteiger partial charge is 0.497 e. The van der Waals surface area contributed by atoms with E-state index in [-0.39, 0.29) is 5.91 Å². The zero-order valence-electron chi connectivity index (χ0n) is 11.9. The molecular weight excluding hydrogens is 341 g/mol. The average molecular weight is 356 g/mol. The maximum Gasteiger partial charge on any atom is 0.234 e. The second kappa shape index (κ2) is 8.32. The van der Waals surface area contributed by atoms with Gasteiger partial charge in [0.1, 0.15) is 5.75 Å². The topological polar surface area (TPSA) is 38.3 Å². The number of methoxy groups -OCH3 is 1. The highest BCUT2D eigenvalue weighted by Crippen LogP contribution is 2.25. The van der Waals surface area contributed by atoms with E-state index in [2.05, 4.69) is 5.32 Å². The number of benzene rings is 2. The van der Waals surface area contributed by atoms with E-state index in [1.807, 2.05) is 24.3 Å². The quantitative estimate of drug-likeness (QED) is 0.802. The van der Waals surface area contributed by atoms with Gasteiger partial charge in [-0.05, 0) is 35.9 Å². The molecule has 2 rings (SSSR count). The standard InChI is InChI=1S/C16H15Cl2NO2S/c1-21-13-4-2-3-11(7-13)9-22-10-16(20)19-15-8-12(17)5-6-14(15)18/h2-8H,9-10H2,1H3,(H,19,20). The first kappa shape index (κ1) is 17.0. The highest BCUT2D eigenvalue weighted by molar-refractivity contribution is 7.99. The van der Waals surface area contributed by atoms with Crippen LogP contribution in [0.4, 0.5) is 5.69 Å². The number of carbonyl (C=O) groups excluding carboxylic acids is 1. The molecule has 1 N–H and O–H groups in total. The van der Waals surface area contributed by atoms with E-state index in [0.717, 1.165) is 17.1 Å². The van der Waals surface area contributed by atoms with Crippen molar-refractivity contribution in [2.24, 2.45) is 0 Å². The minimum atomic E-state index is -0.114. The van der Waals surface area contributed by atoms with Crippen LogP contribution in [0.1, 0.15) is 5.56 Å². The molecule has 2 aromatic rings. The van der Waals surface area contributed by atoms with E-state index in [0.29, 0.717) is 21.5 Å². The van der Waals surface area contributed by atoms with Gasteiger partial charge in [-0.3, -0.25) is 4.79 Å². The van der Waals surface area contributed by atoms with Gasteiger partial charge in [0.2, 0.25) is 5.91 Å². The molecule has 0 atom stereocenters. The van der Waals surface area contributed by atoms with E-state index in [4.69, 9.17) is 27.9 Å². The normalized spacial score (nSPS) is 10.3. The van der Waals surface area contributed by atoms with E-state index in [1.165, 1.54) is 11.8 Å². The fourth-order valence-corrected chi connectivity index (χ4v) is 2.92. The number of nitrogens with one attached hydrogen (secondary N) is 1. The number of anilines is 1. The summed E-state index contributed by atoms with van der Waals surface area (Å²) in [7, 11) is 1.63. The molecule has 0 aliphatic rings. The number of rotatable bonds is 6. The Hall–Kier alpha value is -1.36. The van der Waals surface area contributed by atoms with Gasteiger partial charge in [-0.2, -0.15) is 0 Å². The fraction of sp³-hybridized carbons (Fsp3) is 0.188. The van der Waals surface area contributed by atoms with Crippen molar-refractivity contribution in [1.82, 2.24) is 0 Å². The number of hydrogen-bond acceptors (Lipinski definition) is 3. The Labute approximate surface area is 144 Å². The molecule has 0 aliphatic heterocycles. The summed E-state index contributed by atoms with van der Waals surface area (Å²) in [5, 5.41) is 3.76. The summed E-state index contributed by atoms with van der Waals surface area (Å²) in [5.41, 5.74) is 1.64. The van der Waals surface area contributed by atoms with Crippen LogP contribution in [-0.2, 0) is 10.5 Å². The molecule has 0 aliphatic carbocycles. The molecule has 22 heavy (non-hydrogen) atoms. The van der Waals surface area contributed by atoms with Gasteiger partial charge < -0.3 is 10.1 Å². The van der Waals surface area contributed by atoms with E-state index < -0.39 is 0 Å². The first-order valence-electron chi connectivity index (χ1n) is 6.54. The molecule has 0 saturated carbocycles. The van der Waals surface area contributed by atoms with Gasteiger partial charge >= 0.3 is 0 Å². The summed E-state index contributed by atoms with van der Waals surface area (Å²) in [5.74, 6) is 1.76. The van der Waals surface area contributed by atoms with Gasteiger partial charge in [0.05, 0.1) is 23.6 Å². The number of thioether (sulfide) groups is 1. The van der Waals surface area contributed by atoms with Crippen molar-refractivity contribution in [2.75, 3.05) is 18.2 Å². The maximum atomic E-state index is 11.9. The summed E-state index contributed by atoms with van der Waals surface area (Å²) in [6, 6.07) is 12.7. The third-order valence-electron chi connectivity index (χ3n) is 2.84. The molecular formula is C16H15Cl2NO2S. The number of hydrogen-bond donors (Lipinski definition) is 1. The molecule has 3 nitrogen and oxygen atoms in total. The Morgan fingerprint density at radius 2 is 2.05 bits per heavy atom. The van der Waals surface area contributed by atoms with Gasteiger partial charge in [0.25, 0.3) is 0 Å². The molecule has 0 unspecified atom stereocenters. The van der Waals surface area contributed by atoms with Crippen molar-refractivity contribution < 1.29 is 9.53 Å². The van der Waals surface area contributed by atoms with Crippen LogP contribution in [0.25, 0.3) is 0 Å².